The summed E-state index contributed by atoms with van der Waals surface area (Å²) in [5, 5.41) is 0. The second-order valence-electron chi connectivity index (χ2n) is 8.45. The number of carbonyl (C=O) groups excluding carboxylic acids is 2. The maximum Gasteiger partial charge on any atom is 0.410 e. The fourth-order valence-electron chi connectivity index (χ4n) is 4.65. The van der Waals surface area contributed by atoms with E-state index in [1.807, 2.05) is 24.0 Å². The van der Waals surface area contributed by atoms with Crippen LogP contribution < -0.4 is 4.90 Å². The molecule has 1 unspecified atom stereocenters. The van der Waals surface area contributed by atoms with Gasteiger partial charge in [0, 0.05) is 44.7 Å². The van der Waals surface area contributed by atoms with E-state index >= 15 is 0 Å². The van der Waals surface area contributed by atoms with E-state index in [1.54, 1.807) is 11.9 Å². The number of nitrogens with zero attached hydrogens (tertiary/aromatic N) is 5. The van der Waals surface area contributed by atoms with Crippen LogP contribution in [0.15, 0.2) is 16.5 Å². The van der Waals surface area contributed by atoms with Crippen molar-refractivity contribution in [1.82, 2.24) is 19.8 Å². The van der Waals surface area contributed by atoms with Gasteiger partial charge in [-0.3, -0.25) is 4.79 Å². The minimum Gasteiger partial charge on any atom is -0.439 e. The predicted molar refractivity (Wildman–Crippen MR) is 105 cm³/mol. The van der Waals surface area contributed by atoms with Gasteiger partial charge in [-0.05, 0) is 31.9 Å². The molecule has 3 aliphatic heterocycles. The number of amides is 2. The van der Waals surface area contributed by atoms with Gasteiger partial charge in [-0.25, -0.2) is 9.78 Å². The van der Waals surface area contributed by atoms with Gasteiger partial charge in [0.05, 0.1) is 13.1 Å². The number of aromatic nitrogens is 2. The van der Waals surface area contributed by atoms with Crippen LogP contribution in [0.3, 0.4) is 0 Å². The highest BCUT2D eigenvalue weighted by Crippen LogP contribution is 2.34. The molecule has 29 heavy (non-hydrogen) atoms. The number of carbonyl (C=O) groups is 2. The summed E-state index contributed by atoms with van der Waals surface area (Å²) in [7, 11) is 1.74. The monoisotopic (exact) mass is 399 g/mol. The van der Waals surface area contributed by atoms with Gasteiger partial charge in [-0.15, -0.1) is 0 Å². The fraction of sp³-hybridized carbons (Fsp3) is 0.600. The maximum absolute atomic E-state index is 13.0. The topological polar surface area (TPSA) is 92.0 Å². The molecule has 5 rings (SSSR count). The molecule has 0 N–H and O–H groups in total. The Hall–Kier alpha value is -2.84. The second kappa shape index (κ2) is 6.60. The molecule has 154 valence electrons. The Kier molecular flexibility index (Phi) is 4.15. The standard InChI is InChI=1S/C20H25N5O4/c1-13-3-4-15-16(21-13)22-18(28-15)24-8-5-14(6-9-24)17(26)25-10-7-20(12-25)11-23(2)19(27)29-20/h3-4,14H,5-12H2,1-2H3. The summed E-state index contributed by atoms with van der Waals surface area (Å²) in [5.74, 6) is 0.156. The van der Waals surface area contributed by atoms with E-state index < -0.39 is 5.60 Å². The first-order valence-corrected chi connectivity index (χ1v) is 10.1. The highest BCUT2D eigenvalue weighted by molar-refractivity contribution is 5.80. The van der Waals surface area contributed by atoms with Crippen molar-refractivity contribution in [2.75, 3.05) is 44.7 Å². The highest BCUT2D eigenvalue weighted by atomic mass is 16.6. The smallest absolute Gasteiger partial charge is 0.410 e. The number of likely N-dealkylation sites (tertiary alicyclic amines) is 1. The summed E-state index contributed by atoms with van der Waals surface area (Å²) >= 11 is 0. The lowest BCUT2D eigenvalue weighted by atomic mass is 9.95. The van der Waals surface area contributed by atoms with Crippen molar-refractivity contribution >= 4 is 29.2 Å². The predicted octanol–water partition coefficient (Wildman–Crippen LogP) is 1.80. The summed E-state index contributed by atoms with van der Waals surface area (Å²) in [6.07, 6.45) is 1.93. The molecule has 3 aliphatic rings. The van der Waals surface area contributed by atoms with Crippen molar-refractivity contribution in [1.29, 1.82) is 0 Å². The van der Waals surface area contributed by atoms with Gasteiger partial charge < -0.3 is 23.9 Å². The lowest BCUT2D eigenvalue weighted by Gasteiger charge is -2.32. The molecule has 2 amide bonds. The SMILES string of the molecule is Cc1ccc2oc(N3CCC(C(=O)N4CCC5(CN(C)C(=O)O5)C4)CC3)nc2n1. The number of fused-ring (bicyclic) bond motifs is 1. The van der Waals surface area contributed by atoms with E-state index in [4.69, 9.17) is 9.15 Å². The summed E-state index contributed by atoms with van der Waals surface area (Å²) in [6, 6.07) is 4.37. The van der Waals surface area contributed by atoms with Gasteiger partial charge in [0.2, 0.25) is 11.6 Å². The number of aryl methyl sites for hydroxylation is 1. The molecular weight excluding hydrogens is 374 g/mol. The molecule has 1 spiro atoms. The largest absolute Gasteiger partial charge is 0.439 e. The first kappa shape index (κ1) is 18.2. The van der Waals surface area contributed by atoms with E-state index in [2.05, 4.69) is 14.9 Å². The molecule has 0 radical (unpaired) electrons. The van der Waals surface area contributed by atoms with Crippen LogP contribution >= 0.6 is 0 Å². The first-order valence-electron chi connectivity index (χ1n) is 10.1. The zero-order chi connectivity index (χ0) is 20.2. The summed E-state index contributed by atoms with van der Waals surface area (Å²) in [5.41, 5.74) is 1.69. The van der Waals surface area contributed by atoms with Crippen molar-refractivity contribution < 1.29 is 18.7 Å². The number of oxazole rings is 1. The number of anilines is 1. The van der Waals surface area contributed by atoms with Gasteiger partial charge in [-0.2, -0.15) is 4.98 Å². The Morgan fingerprint density at radius 3 is 2.69 bits per heavy atom. The van der Waals surface area contributed by atoms with Crippen molar-refractivity contribution in [2.24, 2.45) is 5.92 Å². The van der Waals surface area contributed by atoms with Gasteiger partial charge in [0.1, 0.15) is 0 Å². The third-order valence-corrected chi connectivity index (χ3v) is 6.26. The van der Waals surface area contributed by atoms with Crippen molar-refractivity contribution in [3.8, 4) is 0 Å². The minimum absolute atomic E-state index is 0.0130. The Labute approximate surface area is 168 Å². The first-order chi connectivity index (χ1) is 13.9. The van der Waals surface area contributed by atoms with E-state index in [1.165, 1.54) is 0 Å². The second-order valence-corrected chi connectivity index (χ2v) is 8.45. The molecule has 5 heterocycles. The molecule has 0 bridgehead atoms. The lowest BCUT2D eigenvalue weighted by Crippen LogP contribution is -2.44. The van der Waals surface area contributed by atoms with Crippen molar-refractivity contribution in [3.63, 3.8) is 0 Å². The van der Waals surface area contributed by atoms with E-state index in [0.29, 0.717) is 43.3 Å². The van der Waals surface area contributed by atoms with Crippen LogP contribution in [0, 0.1) is 12.8 Å². The Balaban J connectivity index is 1.20. The average molecular weight is 399 g/mol. The van der Waals surface area contributed by atoms with Gasteiger partial charge in [0.25, 0.3) is 6.01 Å². The van der Waals surface area contributed by atoms with E-state index in [-0.39, 0.29) is 17.9 Å². The van der Waals surface area contributed by atoms with Crippen LogP contribution in [0.25, 0.3) is 11.2 Å². The third kappa shape index (κ3) is 3.18. The van der Waals surface area contributed by atoms with Gasteiger partial charge in [-0.1, -0.05) is 0 Å². The minimum atomic E-state index is -0.522. The van der Waals surface area contributed by atoms with E-state index in [0.717, 1.165) is 31.6 Å². The Bertz CT molecular complexity index is 967. The number of pyridine rings is 1. The van der Waals surface area contributed by atoms with Crippen molar-refractivity contribution in [3.05, 3.63) is 17.8 Å². The van der Waals surface area contributed by atoms with Gasteiger partial charge >= 0.3 is 6.09 Å². The number of hydrogen-bond donors (Lipinski definition) is 0. The van der Waals surface area contributed by atoms with Crippen LogP contribution in [-0.4, -0.2) is 77.1 Å². The Morgan fingerprint density at radius 1 is 1.17 bits per heavy atom. The van der Waals surface area contributed by atoms with Gasteiger partial charge in [0.15, 0.2) is 11.2 Å². The Morgan fingerprint density at radius 2 is 1.97 bits per heavy atom. The molecule has 3 fully saturated rings. The fourth-order valence-corrected chi connectivity index (χ4v) is 4.65. The molecule has 9 nitrogen and oxygen atoms in total. The molecule has 3 saturated heterocycles. The number of ether oxygens (including phenoxy) is 1. The van der Waals surface area contributed by atoms with Crippen LogP contribution in [-0.2, 0) is 9.53 Å². The quantitative estimate of drug-likeness (QED) is 0.760. The third-order valence-electron chi connectivity index (χ3n) is 6.26. The van der Waals surface area contributed by atoms with Crippen LogP contribution in [0.5, 0.6) is 0 Å². The van der Waals surface area contributed by atoms with Crippen LogP contribution in [0.2, 0.25) is 0 Å². The number of rotatable bonds is 2. The van der Waals surface area contributed by atoms with Crippen LogP contribution in [0.1, 0.15) is 25.0 Å². The summed E-state index contributed by atoms with van der Waals surface area (Å²) < 4.78 is 11.4. The van der Waals surface area contributed by atoms with Crippen molar-refractivity contribution in [2.45, 2.75) is 31.8 Å². The summed E-state index contributed by atoms with van der Waals surface area (Å²) in [6.45, 7) is 5.07. The molecule has 1 atom stereocenters. The molecule has 0 aliphatic carbocycles. The van der Waals surface area contributed by atoms with E-state index in [9.17, 15) is 9.59 Å². The average Bonchev–Trinajstić information content (AvgIpc) is 3.38. The lowest BCUT2D eigenvalue weighted by molar-refractivity contribution is -0.135. The molecule has 0 saturated carbocycles. The summed E-state index contributed by atoms with van der Waals surface area (Å²) in [4.78, 5) is 39.2. The number of piperidine rings is 1. The number of likely N-dealkylation sites (N-methyl/N-ethyl adjacent to an activating group) is 1. The zero-order valence-electron chi connectivity index (χ0n) is 16.8. The molecule has 9 heteroatoms. The maximum atomic E-state index is 13.0. The molecular formula is C20H25N5O4. The number of hydrogen-bond acceptors (Lipinski definition) is 7. The molecule has 2 aromatic rings. The highest BCUT2D eigenvalue weighted by Gasteiger charge is 2.50. The normalized spacial score (nSPS) is 25.4. The van der Waals surface area contributed by atoms with Crippen LogP contribution in [0.4, 0.5) is 10.8 Å². The zero-order valence-corrected chi connectivity index (χ0v) is 16.8. The molecule has 0 aromatic carbocycles. The molecule has 2 aromatic heterocycles.